The van der Waals surface area contributed by atoms with Crippen LogP contribution in [0.2, 0.25) is 0 Å². The molecule has 7 heteroatoms. The highest BCUT2D eigenvalue weighted by molar-refractivity contribution is 7.89. The van der Waals surface area contributed by atoms with Crippen molar-refractivity contribution >= 4 is 21.6 Å². The number of benzene rings is 2. The van der Waals surface area contributed by atoms with Gasteiger partial charge in [0.05, 0.1) is 10.6 Å². The van der Waals surface area contributed by atoms with Gasteiger partial charge in [0.25, 0.3) is 0 Å². The van der Waals surface area contributed by atoms with Gasteiger partial charge in [-0.1, -0.05) is 29.8 Å². The standard InChI is InChI=1S/C18H19FN2O3S/c1-13-8-10-14(11-9-13)25(23,24)21-12-4-7-17(21)18(22)20-16-6-3-2-5-15(16)19/h2-3,5-6,8-11,17H,4,7,12H2,1H3,(H,20,22)/t17-/m0/s1. The minimum absolute atomic E-state index is 0.0482. The zero-order valence-electron chi connectivity index (χ0n) is 13.8. The van der Waals surface area contributed by atoms with Crippen molar-refractivity contribution in [2.75, 3.05) is 11.9 Å². The molecule has 0 unspecified atom stereocenters. The maximum atomic E-state index is 13.7. The number of carbonyl (C=O) groups excluding carboxylic acids is 1. The Labute approximate surface area is 146 Å². The summed E-state index contributed by atoms with van der Waals surface area (Å²) in [6, 6.07) is 11.5. The first-order valence-corrected chi connectivity index (χ1v) is 9.47. The molecule has 1 aliphatic rings. The SMILES string of the molecule is Cc1ccc(S(=O)(=O)N2CCC[C@H]2C(=O)Nc2ccccc2F)cc1. The van der Waals surface area contributed by atoms with E-state index in [9.17, 15) is 17.6 Å². The second kappa shape index (κ2) is 6.93. The molecule has 2 aromatic carbocycles. The number of aryl methyl sites for hydroxylation is 1. The number of hydrogen-bond acceptors (Lipinski definition) is 3. The van der Waals surface area contributed by atoms with Crippen LogP contribution in [-0.4, -0.2) is 31.2 Å². The van der Waals surface area contributed by atoms with Gasteiger partial charge in [0.15, 0.2) is 0 Å². The third kappa shape index (κ3) is 3.57. The lowest BCUT2D eigenvalue weighted by Gasteiger charge is -2.23. The quantitative estimate of drug-likeness (QED) is 0.909. The van der Waals surface area contributed by atoms with Gasteiger partial charge in [-0.2, -0.15) is 4.31 Å². The minimum atomic E-state index is -3.77. The Morgan fingerprint density at radius 1 is 1.16 bits per heavy atom. The summed E-state index contributed by atoms with van der Waals surface area (Å²) in [5.74, 6) is -1.07. The first-order valence-electron chi connectivity index (χ1n) is 8.03. The average Bonchev–Trinajstić information content (AvgIpc) is 3.08. The smallest absolute Gasteiger partial charge is 0.243 e. The lowest BCUT2D eigenvalue weighted by Crippen LogP contribution is -2.43. The van der Waals surface area contributed by atoms with Crippen LogP contribution in [0.3, 0.4) is 0 Å². The van der Waals surface area contributed by atoms with Gasteiger partial charge in [0.1, 0.15) is 11.9 Å². The van der Waals surface area contributed by atoms with Gasteiger partial charge < -0.3 is 5.32 Å². The second-order valence-electron chi connectivity index (χ2n) is 6.06. The molecular formula is C18H19FN2O3S. The molecule has 25 heavy (non-hydrogen) atoms. The maximum absolute atomic E-state index is 13.7. The van der Waals surface area contributed by atoms with E-state index in [1.54, 1.807) is 18.2 Å². The van der Waals surface area contributed by atoms with Gasteiger partial charge in [-0.15, -0.1) is 0 Å². The molecule has 0 spiro atoms. The molecule has 0 aliphatic carbocycles. The van der Waals surface area contributed by atoms with E-state index in [4.69, 9.17) is 0 Å². The van der Waals surface area contributed by atoms with Gasteiger partial charge in [0.2, 0.25) is 15.9 Å². The zero-order valence-corrected chi connectivity index (χ0v) is 14.6. The monoisotopic (exact) mass is 362 g/mol. The first-order chi connectivity index (χ1) is 11.9. The first kappa shape index (κ1) is 17.6. The Balaban J connectivity index is 1.83. The van der Waals surface area contributed by atoms with Crippen LogP contribution in [0, 0.1) is 12.7 Å². The Morgan fingerprint density at radius 2 is 1.84 bits per heavy atom. The number of rotatable bonds is 4. The van der Waals surface area contributed by atoms with Crippen molar-refractivity contribution in [3.8, 4) is 0 Å². The summed E-state index contributed by atoms with van der Waals surface area (Å²) in [6.45, 7) is 2.14. The van der Waals surface area contributed by atoms with E-state index in [1.807, 2.05) is 6.92 Å². The predicted octanol–water partition coefficient (Wildman–Crippen LogP) is 2.93. The molecule has 1 heterocycles. The number of anilines is 1. The Kier molecular flexibility index (Phi) is 4.87. The van der Waals surface area contributed by atoms with E-state index in [-0.39, 0.29) is 17.1 Å². The van der Waals surface area contributed by atoms with E-state index < -0.39 is 27.8 Å². The van der Waals surface area contributed by atoms with Crippen LogP contribution in [0.1, 0.15) is 18.4 Å². The lowest BCUT2D eigenvalue weighted by atomic mass is 10.2. The van der Waals surface area contributed by atoms with E-state index in [2.05, 4.69) is 5.32 Å². The summed E-state index contributed by atoms with van der Waals surface area (Å²) in [4.78, 5) is 12.7. The third-order valence-corrected chi connectivity index (χ3v) is 6.19. The van der Waals surface area contributed by atoms with E-state index in [0.29, 0.717) is 12.8 Å². The predicted molar refractivity (Wildman–Crippen MR) is 93.1 cm³/mol. The molecule has 5 nitrogen and oxygen atoms in total. The van der Waals surface area contributed by atoms with E-state index in [1.165, 1.54) is 34.6 Å². The van der Waals surface area contributed by atoms with Crippen LogP contribution in [0.5, 0.6) is 0 Å². The number of hydrogen-bond donors (Lipinski definition) is 1. The molecule has 0 aromatic heterocycles. The van der Waals surface area contributed by atoms with Gasteiger partial charge in [-0.3, -0.25) is 4.79 Å². The molecule has 1 atom stereocenters. The molecule has 132 valence electrons. The highest BCUT2D eigenvalue weighted by atomic mass is 32.2. The zero-order chi connectivity index (χ0) is 18.0. The maximum Gasteiger partial charge on any atom is 0.243 e. The molecule has 2 aromatic rings. The van der Waals surface area contributed by atoms with Gasteiger partial charge in [-0.05, 0) is 44.0 Å². The molecule has 1 fully saturated rings. The second-order valence-corrected chi connectivity index (χ2v) is 7.95. The van der Waals surface area contributed by atoms with Crippen LogP contribution in [-0.2, 0) is 14.8 Å². The van der Waals surface area contributed by atoms with Crippen LogP contribution in [0.15, 0.2) is 53.4 Å². The number of sulfonamides is 1. The van der Waals surface area contributed by atoms with Gasteiger partial charge in [-0.25, -0.2) is 12.8 Å². The van der Waals surface area contributed by atoms with E-state index in [0.717, 1.165) is 5.56 Å². The summed E-state index contributed by atoms with van der Waals surface area (Å²) in [5, 5.41) is 2.49. The Bertz CT molecular complexity index is 881. The number of para-hydroxylation sites is 1. The Morgan fingerprint density at radius 3 is 2.52 bits per heavy atom. The number of halogens is 1. The number of carbonyl (C=O) groups is 1. The molecule has 1 amide bonds. The van der Waals surface area contributed by atoms with Crippen molar-refractivity contribution in [1.82, 2.24) is 4.31 Å². The van der Waals surface area contributed by atoms with Crippen molar-refractivity contribution < 1.29 is 17.6 Å². The van der Waals surface area contributed by atoms with Crippen molar-refractivity contribution in [3.63, 3.8) is 0 Å². The Hall–Kier alpha value is -2.25. The summed E-state index contributed by atoms with van der Waals surface area (Å²) >= 11 is 0. The fourth-order valence-electron chi connectivity index (χ4n) is 2.91. The molecule has 1 N–H and O–H groups in total. The van der Waals surface area contributed by atoms with Crippen LogP contribution < -0.4 is 5.32 Å². The average molecular weight is 362 g/mol. The molecule has 1 saturated heterocycles. The van der Waals surface area contributed by atoms with Gasteiger partial charge in [0, 0.05) is 6.54 Å². The fourth-order valence-corrected chi connectivity index (χ4v) is 4.57. The molecule has 0 bridgehead atoms. The summed E-state index contributed by atoms with van der Waals surface area (Å²) < 4.78 is 40.6. The van der Waals surface area contributed by atoms with Crippen LogP contribution >= 0.6 is 0 Å². The molecule has 0 radical (unpaired) electrons. The summed E-state index contributed by atoms with van der Waals surface area (Å²) in [7, 11) is -3.77. The van der Waals surface area contributed by atoms with Crippen molar-refractivity contribution in [1.29, 1.82) is 0 Å². The summed E-state index contributed by atoms with van der Waals surface area (Å²) in [6.07, 6.45) is 0.992. The topological polar surface area (TPSA) is 66.5 Å². The number of nitrogens with one attached hydrogen (secondary N) is 1. The third-order valence-electron chi connectivity index (χ3n) is 4.27. The largest absolute Gasteiger partial charge is 0.322 e. The van der Waals surface area contributed by atoms with Crippen LogP contribution in [0.4, 0.5) is 10.1 Å². The fraction of sp³-hybridized carbons (Fsp3) is 0.278. The molecule has 1 aliphatic heterocycles. The normalized spacial score (nSPS) is 18.2. The van der Waals surface area contributed by atoms with E-state index >= 15 is 0 Å². The summed E-state index contributed by atoms with van der Waals surface area (Å²) in [5.41, 5.74) is 1.00. The van der Waals surface area contributed by atoms with Crippen LogP contribution in [0.25, 0.3) is 0 Å². The van der Waals surface area contributed by atoms with Crippen molar-refractivity contribution in [2.24, 2.45) is 0 Å². The number of amides is 1. The highest BCUT2D eigenvalue weighted by Gasteiger charge is 2.39. The van der Waals surface area contributed by atoms with Crippen molar-refractivity contribution in [2.45, 2.75) is 30.7 Å². The minimum Gasteiger partial charge on any atom is -0.322 e. The number of nitrogens with zero attached hydrogens (tertiary/aromatic N) is 1. The van der Waals surface area contributed by atoms with Gasteiger partial charge >= 0.3 is 0 Å². The molecular weight excluding hydrogens is 343 g/mol. The highest BCUT2D eigenvalue weighted by Crippen LogP contribution is 2.27. The molecule has 3 rings (SSSR count). The van der Waals surface area contributed by atoms with Crippen molar-refractivity contribution in [3.05, 3.63) is 59.9 Å². The molecule has 0 saturated carbocycles. The lowest BCUT2D eigenvalue weighted by molar-refractivity contribution is -0.119.